The summed E-state index contributed by atoms with van der Waals surface area (Å²) in [5.74, 6) is 0.206. The number of likely N-dealkylation sites (tertiary alicyclic amines) is 1. The molecule has 6 heteroatoms. The summed E-state index contributed by atoms with van der Waals surface area (Å²) >= 11 is 0. The van der Waals surface area contributed by atoms with Gasteiger partial charge >= 0.3 is 0 Å². The van der Waals surface area contributed by atoms with E-state index in [1.807, 2.05) is 0 Å². The van der Waals surface area contributed by atoms with E-state index in [1.165, 1.54) is 0 Å². The predicted octanol–water partition coefficient (Wildman–Crippen LogP) is 1.78. The lowest BCUT2D eigenvalue weighted by Crippen LogP contribution is -2.27. The molecule has 0 aromatic heterocycles. The molecule has 1 unspecified atom stereocenters. The zero-order valence-corrected chi connectivity index (χ0v) is 9.50. The molecule has 1 heterocycles. The summed E-state index contributed by atoms with van der Waals surface area (Å²) in [6.07, 6.45) is 4.16. The Morgan fingerprint density at radius 2 is 2.29 bits per heavy atom. The number of amides is 1. The van der Waals surface area contributed by atoms with Gasteiger partial charge in [-0.05, 0) is 24.3 Å². The normalized spacial score (nSPS) is 24.6. The van der Waals surface area contributed by atoms with Crippen LogP contribution in [0, 0.1) is 5.92 Å². The van der Waals surface area contributed by atoms with E-state index in [4.69, 9.17) is 5.53 Å². The van der Waals surface area contributed by atoms with Crippen molar-refractivity contribution in [2.24, 2.45) is 11.0 Å². The third-order valence-electron chi connectivity index (χ3n) is 3.14. The molecule has 1 saturated heterocycles. The van der Waals surface area contributed by atoms with E-state index in [0.29, 0.717) is 25.9 Å². The lowest BCUT2D eigenvalue weighted by Gasteiger charge is -2.22. The van der Waals surface area contributed by atoms with Crippen LogP contribution in [0.5, 0.6) is 0 Å². The van der Waals surface area contributed by atoms with Gasteiger partial charge in [-0.2, -0.15) is 0 Å². The van der Waals surface area contributed by atoms with Crippen LogP contribution < -0.4 is 0 Å². The molecule has 0 aromatic rings. The molecule has 0 spiro atoms. The number of carbonyl (C=O) groups excluding carboxylic acids is 2. The summed E-state index contributed by atoms with van der Waals surface area (Å²) in [6, 6.07) is 0. The van der Waals surface area contributed by atoms with Crippen LogP contribution >= 0.6 is 0 Å². The first-order chi connectivity index (χ1) is 8.20. The van der Waals surface area contributed by atoms with Gasteiger partial charge in [-0.3, -0.25) is 9.59 Å². The first-order valence-corrected chi connectivity index (χ1v) is 5.75. The van der Waals surface area contributed by atoms with E-state index in [9.17, 15) is 9.59 Å². The molecule has 6 nitrogen and oxygen atoms in total. The fraction of sp³-hybridized carbons (Fsp3) is 0.636. The molecule has 0 radical (unpaired) electrons. The fourth-order valence-corrected chi connectivity index (χ4v) is 2.32. The van der Waals surface area contributed by atoms with Gasteiger partial charge in [0.1, 0.15) is 0 Å². The molecule has 1 amide bonds. The second-order valence-electron chi connectivity index (χ2n) is 4.44. The van der Waals surface area contributed by atoms with E-state index in [2.05, 4.69) is 10.0 Å². The lowest BCUT2D eigenvalue weighted by atomic mass is 10.0. The second kappa shape index (κ2) is 5.01. The highest BCUT2D eigenvalue weighted by molar-refractivity contribution is 5.92. The van der Waals surface area contributed by atoms with Crippen molar-refractivity contribution in [2.45, 2.75) is 25.7 Å². The van der Waals surface area contributed by atoms with Crippen LogP contribution in [0.2, 0.25) is 0 Å². The Morgan fingerprint density at radius 3 is 3.00 bits per heavy atom. The zero-order chi connectivity index (χ0) is 12.3. The Balaban J connectivity index is 2.05. The Kier molecular flexibility index (Phi) is 3.44. The van der Waals surface area contributed by atoms with Gasteiger partial charge < -0.3 is 4.90 Å². The van der Waals surface area contributed by atoms with Crippen molar-refractivity contribution >= 4 is 11.7 Å². The Bertz CT molecular complexity index is 423. The number of carbonyl (C=O) groups is 2. The van der Waals surface area contributed by atoms with E-state index >= 15 is 0 Å². The number of rotatable bonds is 3. The average molecular weight is 234 g/mol. The van der Waals surface area contributed by atoms with Gasteiger partial charge in [0.25, 0.3) is 0 Å². The molecule has 0 aromatic carbocycles. The first-order valence-electron chi connectivity index (χ1n) is 5.75. The van der Waals surface area contributed by atoms with Gasteiger partial charge in [-0.25, -0.2) is 0 Å². The topological polar surface area (TPSA) is 86.1 Å². The maximum absolute atomic E-state index is 11.8. The van der Waals surface area contributed by atoms with Gasteiger partial charge in [0.05, 0.1) is 0 Å². The SMILES string of the molecule is [N-]=[N+]=NCC1CC(=O)N(C2=CC(=O)CCC2)C1. The molecular formula is C11H14N4O2. The number of ketones is 1. The minimum Gasteiger partial charge on any atom is -0.316 e. The minimum absolute atomic E-state index is 0.0316. The highest BCUT2D eigenvalue weighted by Crippen LogP contribution is 2.27. The summed E-state index contributed by atoms with van der Waals surface area (Å²) in [5, 5.41) is 3.50. The highest BCUT2D eigenvalue weighted by atomic mass is 16.2. The highest BCUT2D eigenvalue weighted by Gasteiger charge is 2.32. The minimum atomic E-state index is 0.0316. The molecule has 0 N–H and O–H groups in total. The van der Waals surface area contributed by atoms with Gasteiger partial charge in [-0.15, -0.1) is 0 Å². The molecule has 1 aliphatic heterocycles. The molecule has 1 atom stereocenters. The predicted molar refractivity (Wildman–Crippen MR) is 60.8 cm³/mol. The quantitative estimate of drug-likeness (QED) is 0.423. The maximum Gasteiger partial charge on any atom is 0.227 e. The van der Waals surface area contributed by atoms with Crippen molar-refractivity contribution in [3.63, 3.8) is 0 Å². The Hall–Kier alpha value is -1.81. The summed E-state index contributed by atoms with van der Waals surface area (Å²) in [6.45, 7) is 0.914. The van der Waals surface area contributed by atoms with E-state index in [0.717, 1.165) is 18.5 Å². The van der Waals surface area contributed by atoms with E-state index < -0.39 is 0 Å². The number of hydrogen-bond donors (Lipinski definition) is 0. The first kappa shape index (κ1) is 11.7. The van der Waals surface area contributed by atoms with E-state index in [-0.39, 0.29) is 17.6 Å². The van der Waals surface area contributed by atoms with Gasteiger partial charge in [0.2, 0.25) is 5.91 Å². The van der Waals surface area contributed by atoms with Crippen LogP contribution in [-0.2, 0) is 9.59 Å². The van der Waals surface area contributed by atoms with Crippen molar-refractivity contribution in [2.75, 3.05) is 13.1 Å². The van der Waals surface area contributed by atoms with Crippen molar-refractivity contribution in [3.8, 4) is 0 Å². The summed E-state index contributed by atoms with van der Waals surface area (Å²) in [7, 11) is 0. The van der Waals surface area contributed by atoms with Crippen molar-refractivity contribution in [3.05, 3.63) is 22.2 Å². The largest absolute Gasteiger partial charge is 0.316 e. The van der Waals surface area contributed by atoms with Crippen LogP contribution in [0.3, 0.4) is 0 Å². The second-order valence-corrected chi connectivity index (χ2v) is 4.44. The van der Waals surface area contributed by atoms with Gasteiger partial charge in [-0.1, -0.05) is 5.11 Å². The van der Waals surface area contributed by atoms with Crippen LogP contribution in [-0.4, -0.2) is 29.7 Å². The number of azide groups is 1. The van der Waals surface area contributed by atoms with Crippen LogP contribution in [0.4, 0.5) is 0 Å². The summed E-state index contributed by atoms with van der Waals surface area (Å²) in [5.41, 5.74) is 9.07. The standard InChI is InChI=1S/C11H14N4O2/c12-14-13-6-8-4-11(17)15(7-8)9-2-1-3-10(16)5-9/h5,8H,1-4,6-7H2. The summed E-state index contributed by atoms with van der Waals surface area (Å²) in [4.78, 5) is 27.5. The van der Waals surface area contributed by atoms with Gasteiger partial charge in [0, 0.05) is 42.6 Å². The zero-order valence-electron chi connectivity index (χ0n) is 9.50. The Labute approximate surface area is 98.9 Å². The van der Waals surface area contributed by atoms with Crippen LogP contribution in [0.25, 0.3) is 10.4 Å². The Morgan fingerprint density at radius 1 is 1.47 bits per heavy atom. The molecule has 1 fully saturated rings. The molecule has 0 bridgehead atoms. The van der Waals surface area contributed by atoms with Gasteiger partial charge in [0.15, 0.2) is 5.78 Å². The lowest BCUT2D eigenvalue weighted by molar-refractivity contribution is -0.126. The number of allylic oxidation sites excluding steroid dienone is 2. The van der Waals surface area contributed by atoms with E-state index in [1.54, 1.807) is 11.0 Å². The molecular weight excluding hydrogens is 220 g/mol. The number of nitrogens with zero attached hydrogens (tertiary/aromatic N) is 4. The molecule has 1 aliphatic carbocycles. The smallest absolute Gasteiger partial charge is 0.227 e. The fourth-order valence-electron chi connectivity index (χ4n) is 2.32. The van der Waals surface area contributed by atoms with Crippen molar-refractivity contribution < 1.29 is 9.59 Å². The molecule has 17 heavy (non-hydrogen) atoms. The van der Waals surface area contributed by atoms with Crippen LogP contribution in [0.1, 0.15) is 25.7 Å². The monoisotopic (exact) mass is 234 g/mol. The molecule has 0 saturated carbocycles. The summed E-state index contributed by atoms with van der Waals surface area (Å²) < 4.78 is 0. The maximum atomic E-state index is 11.8. The number of hydrogen-bond acceptors (Lipinski definition) is 3. The molecule has 2 aliphatic rings. The van der Waals surface area contributed by atoms with Crippen LogP contribution in [0.15, 0.2) is 16.9 Å². The third-order valence-corrected chi connectivity index (χ3v) is 3.14. The third kappa shape index (κ3) is 2.65. The molecule has 2 rings (SSSR count). The van der Waals surface area contributed by atoms with Crippen molar-refractivity contribution in [1.82, 2.24) is 4.90 Å². The van der Waals surface area contributed by atoms with Crippen molar-refractivity contribution in [1.29, 1.82) is 0 Å². The average Bonchev–Trinajstić information content (AvgIpc) is 2.68. The molecule has 90 valence electrons.